The van der Waals surface area contributed by atoms with Crippen molar-refractivity contribution < 1.29 is 18.0 Å². The van der Waals surface area contributed by atoms with Gasteiger partial charge in [0.1, 0.15) is 17.8 Å². The second kappa shape index (κ2) is 9.22. The Bertz CT molecular complexity index is 877. The van der Waals surface area contributed by atoms with Gasteiger partial charge in [0, 0.05) is 17.0 Å². The van der Waals surface area contributed by atoms with Crippen LogP contribution in [0.15, 0.2) is 42.5 Å². The molecule has 156 valence electrons. The standard InChI is InChI=1S/C22H25F3N2OS/c1-13(2)22(28)27-12-18(24)21(26-29-3)19(27)11-14-7-6-9-16(20(14)25)15-8-4-5-10-17(15)23/h4-10,13,18-19,21,26H,11-12H2,1-3H3. The predicted octanol–water partition coefficient (Wildman–Crippen LogP) is 4.62. The van der Waals surface area contributed by atoms with Gasteiger partial charge in [-0.25, -0.2) is 13.2 Å². The predicted molar refractivity (Wildman–Crippen MR) is 111 cm³/mol. The van der Waals surface area contributed by atoms with Crippen molar-refractivity contribution in [3.63, 3.8) is 0 Å². The van der Waals surface area contributed by atoms with Crippen molar-refractivity contribution in [2.24, 2.45) is 5.92 Å². The molecule has 0 spiro atoms. The van der Waals surface area contributed by atoms with Gasteiger partial charge in [-0.1, -0.05) is 62.2 Å². The third-order valence-electron chi connectivity index (χ3n) is 5.28. The first-order valence-corrected chi connectivity index (χ1v) is 10.8. The van der Waals surface area contributed by atoms with Gasteiger partial charge in [-0.05, 0) is 24.3 Å². The summed E-state index contributed by atoms with van der Waals surface area (Å²) in [6.07, 6.45) is 0.689. The average molecular weight is 423 g/mol. The van der Waals surface area contributed by atoms with Crippen molar-refractivity contribution in [3.05, 3.63) is 59.7 Å². The fourth-order valence-electron chi connectivity index (χ4n) is 3.83. The Morgan fingerprint density at radius 2 is 1.86 bits per heavy atom. The SMILES string of the molecule is CSNC1C(F)CN(C(=O)C(C)C)C1Cc1cccc(-c2ccccc2F)c1F. The Morgan fingerprint density at radius 1 is 1.17 bits per heavy atom. The maximum atomic E-state index is 15.3. The van der Waals surface area contributed by atoms with Gasteiger partial charge in [-0.15, -0.1) is 0 Å². The number of likely N-dealkylation sites (tertiary alicyclic amines) is 1. The first-order chi connectivity index (χ1) is 13.8. The Hall–Kier alpha value is -1.99. The van der Waals surface area contributed by atoms with E-state index in [0.717, 1.165) is 0 Å². The molecule has 1 heterocycles. The molecule has 1 N–H and O–H groups in total. The van der Waals surface area contributed by atoms with E-state index in [1.807, 2.05) is 0 Å². The Labute approximate surface area is 173 Å². The molecule has 3 atom stereocenters. The number of carbonyl (C=O) groups is 1. The minimum Gasteiger partial charge on any atom is -0.334 e. The fraction of sp³-hybridized carbons (Fsp3) is 0.409. The molecule has 1 aliphatic rings. The molecular weight excluding hydrogens is 397 g/mol. The molecule has 0 saturated carbocycles. The monoisotopic (exact) mass is 422 g/mol. The number of nitrogens with one attached hydrogen (secondary N) is 1. The topological polar surface area (TPSA) is 32.3 Å². The van der Waals surface area contributed by atoms with Gasteiger partial charge in [0.15, 0.2) is 0 Å². The second-order valence-corrected chi connectivity index (χ2v) is 8.18. The van der Waals surface area contributed by atoms with E-state index in [2.05, 4.69) is 4.72 Å². The lowest BCUT2D eigenvalue weighted by Crippen LogP contribution is -2.46. The first kappa shape index (κ1) is 21.7. The summed E-state index contributed by atoms with van der Waals surface area (Å²) in [5.74, 6) is -1.49. The smallest absolute Gasteiger partial charge is 0.225 e. The van der Waals surface area contributed by atoms with E-state index in [4.69, 9.17) is 0 Å². The van der Waals surface area contributed by atoms with Crippen LogP contribution in [0.1, 0.15) is 19.4 Å². The Morgan fingerprint density at radius 3 is 2.52 bits per heavy atom. The van der Waals surface area contributed by atoms with E-state index < -0.39 is 29.9 Å². The zero-order valence-corrected chi connectivity index (χ0v) is 17.5. The van der Waals surface area contributed by atoms with E-state index in [1.54, 1.807) is 44.4 Å². The number of carbonyl (C=O) groups excluding carboxylic acids is 1. The summed E-state index contributed by atoms with van der Waals surface area (Å²) < 4.78 is 47.2. The molecule has 3 unspecified atom stereocenters. The van der Waals surface area contributed by atoms with Crippen molar-refractivity contribution in [2.75, 3.05) is 12.8 Å². The van der Waals surface area contributed by atoms with Crippen LogP contribution in [-0.4, -0.2) is 41.9 Å². The third kappa shape index (κ3) is 4.46. The van der Waals surface area contributed by atoms with Crippen molar-refractivity contribution in [1.29, 1.82) is 0 Å². The molecule has 29 heavy (non-hydrogen) atoms. The molecule has 0 aromatic heterocycles. The zero-order chi connectivity index (χ0) is 21.1. The van der Waals surface area contributed by atoms with Gasteiger partial charge in [0.2, 0.25) is 5.91 Å². The Kier molecular flexibility index (Phi) is 6.90. The van der Waals surface area contributed by atoms with Gasteiger partial charge in [-0.3, -0.25) is 9.52 Å². The molecule has 1 amide bonds. The van der Waals surface area contributed by atoms with E-state index in [9.17, 15) is 13.6 Å². The highest BCUT2D eigenvalue weighted by Crippen LogP contribution is 2.31. The first-order valence-electron chi connectivity index (χ1n) is 9.60. The molecule has 1 aliphatic heterocycles. The zero-order valence-electron chi connectivity index (χ0n) is 16.7. The Balaban J connectivity index is 1.97. The van der Waals surface area contributed by atoms with Gasteiger partial charge in [0.05, 0.1) is 18.6 Å². The normalized spacial score (nSPS) is 21.8. The van der Waals surface area contributed by atoms with Crippen LogP contribution in [0.5, 0.6) is 0 Å². The molecule has 3 rings (SSSR count). The molecular formula is C22H25F3N2OS. The molecule has 2 aromatic carbocycles. The van der Waals surface area contributed by atoms with Crippen LogP contribution in [0.2, 0.25) is 0 Å². The van der Waals surface area contributed by atoms with Gasteiger partial charge in [-0.2, -0.15) is 0 Å². The van der Waals surface area contributed by atoms with Crippen molar-refractivity contribution >= 4 is 17.9 Å². The van der Waals surface area contributed by atoms with Crippen LogP contribution < -0.4 is 4.72 Å². The average Bonchev–Trinajstić information content (AvgIpc) is 2.99. The molecule has 0 bridgehead atoms. The van der Waals surface area contributed by atoms with Gasteiger partial charge >= 0.3 is 0 Å². The minimum atomic E-state index is -1.24. The highest BCUT2D eigenvalue weighted by molar-refractivity contribution is 7.96. The maximum Gasteiger partial charge on any atom is 0.225 e. The van der Waals surface area contributed by atoms with E-state index in [-0.39, 0.29) is 35.9 Å². The van der Waals surface area contributed by atoms with Crippen LogP contribution in [0.4, 0.5) is 13.2 Å². The molecule has 0 aliphatic carbocycles. The molecule has 1 fully saturated rings. The summed E-state index contributed by atoms with van der Waals surface area (Å²) in [5.41, 5.74) is 0.668. The highest BCUT2D eigenvalue weighted by atomic mass is 32.2. The minimum absolute atomic E-state index is 0.0193. The molecule has 7 heteroatoms. The summed E-state index contributed by atoms with van der Waals surface area (Å²) in [4.78, 5) is 14.2. The van der Waals surface area contributed by atoms with Crippen LogP contribution >= 0.6 is 11.9 Å². The van der Waals surface area contributed by atoms with Crippen molar-refractivity contribution in [3.8, 4) is 11.1 Å². The number of amides is 1. The van der Waals surface area contributed by atoms with Crippen LogP contribution in [-0.2, 0) is 11.2 Å². The fourth-order valence-corrected chi connectivity index (χ4v) is 4.41. The largest absolute Gasteiger partial charge is 0.334 e. The van der Waals surface area contributed by atoms with E-state index in [0.29, 0.717) is 5.56 Å². The molecule has 1 saturated heterocycles. The molecule has 3 nitrogen and oxygen atoms in total. The number of alkyl halides is 1. The number of nitrogens with zero attached hydrogens (tertiary/aromatic N) is 1. The van der Waals surface area contributed by atoms with E-state index in [1.165, 1.54) is 35.0 Å². The lowest BCUT2D eigenvalue weighted by atomic mass is 9.95. The summed E-state index contributed by atoms with van der Waals surface area (Å²) in [5, 5.41) is 0. The maximum absolute atomic E-state index is 15.3. The van der Waals surface area contributed by atoms with Crippen LogP contribution in [0.25, 0.3) is 11.1 Å². The van der Waals surface area contributed by atoms with Gasteiger partial charge < -0.3 is 4.90 Å². The number of rotatable bonds is 6. The second-order valence-electron chi connectivity index (χ2n) is 7.54. The highest BCUT2D eigenvalue weighted by Gasteiger charge is 2.44. The van der Waals surface area contributed by atoms with Crippen LogP contribution in [0.3, 0.4) is 0 Å². The lowest BCUT2D eigenvalue weighted by molar-refractivity contribution is -0.135. The summed E-state index contributed by atoms with van der Waals surface area (Å²) in [6.45, 7) is 3.51. The number of hydrogen-bond donors (Lipinski definition) is 1. The van der Waals surface area contributed by atoms with E-state index >= 15 is 4.39 Å². The summed E-state index contributed by atoms with van der Waals surface area (Å²) >= 11 is 1.27. The molecule has 0 radical (unpaired) electrons. The number of benzene rings is 2. The molecule has 2 aromatic rings. The quantitative estimate of drug-likeness (QED) is 0.690. The van der Waals surface area contributed by atoms with Gasteiger partial charge in [0.25, 0.3) is 0 Å². The van der Waals surface area contributed by atoms with Crippen LogP contribution in [0, 0.1) is 17.6 Å². The summed E-state index contributed by atoms with van der Waals surface area (Å²) in [7, 11) is 0. The number of halogens is 3. The number of hydrogen-bond acceptors (Lipinski definition) is 3. The van der Waals surface area contributed by atoms with Crippen molar-refractivity contribution in [1.82, 2.24) is 9.62 Å². The summed E-state index contributed by atoms with van der Waals surface area (Å²) in [6, 6.07) is 9.67. The third-order valence-corrected chi connectivity index (χ3v) is 5.79. The lowest BCUT2D eigenvalue weighted by Gasteiger charge is -2.29. The van der Waals surface area contributed by atoms with Crippen molar-refractivity contribution in [2.45, 2.75) is 38.5 Å².